The maximum absolute atomic E-state index is 12.8. The largest absolute Gasteiger partial charge is 0.496 e. The molecule has 1 aromatic heterocycles. The summed E-state index contributed by atoms with van der Waals surface area (Å²) < 4.78 is 36.7. The van der Waals surface area contributed by atoms with E-state index in [0.29, 0.717) is 17.9 Å². The quantitative estimate of drug-likeness (QED) is 0.654. The summed E-state index contributed by atoms with van der Waals surface area (Å²) in [6, 6.07) is 5.28. The molecule has 0 fully saturated rings. The topological polar surface area (TPSA) is 64.4 Å². The number of rotatable bonds is 6. The van der Waals surface area contributed by atoms with E-state index in [0.717, 1.165) is 10.2 Å². The highest BCUT2D eigenvalue weighted by atomic mass is 32.1. The monoisotopic (exact) mass is 328 g/mol. The van der Waals surface area contributed by atoms with Crippen LogP contribution < -0.4 is 4.74 Å². The maximum atomic E-state index is 12.8. The van der Waals surface area contributed by atoms with Crippen LogP contribution >= 0.6 is 12.2 Å². The van der Waals surface area contributed by atoms with Crippen molar-refractivity contribution in [3.8, 4) is 5.75 Å². The number of nitrogens with one attached hydrogen (secondary N) is 1. The summed E-state index contributed by atoms with van der Waals surface area (Å²) in [7, 11) is 3.13. The Balaban J connectivity index is 2.33. The van der Waals surface area contributed by atoms with E-state index in [1.807, 2.05) is 0 Å². The van der Waals surface area contributed by atoms with Crippen molar-refractivity contribution >= 4 is 18.4 Å². The van der Waals surface area contributed by atoms with Gasteiger partial charge in [0.1, 0.15) is 5.75 Å². The molecule has 6 nitrogen and oxygen atoms in total. The van der Waals surface area contributed by atoms with Gasteiger partial charge in [0.15, 0.2) is 0 Å². The molecule has 0 amide bonds. The van der Waals surface area contributed by atoms with Gasteiger partial charge in [0.25, 0.3) is 6.43 Å². The van der Waals surface area contributed by atoms with Crippen molar-refractivity contribution < 1.29 is 18.3 Å². The fourth-order valence-corrected chi connectivity index (χ4v) is 2.01. The van der Waals surface area contributed by atoms with Crippen LogP contribution in [0, 0.1) is 4.77 Å². The van der Waals surface area contributed by atoms with Crippen molar-refractivity contribution in [1.29, 1.82) is 0 Å². The number of hydrogen-bond donors (Lipinski definition) is 1. The molecule has 0 atom stereocenters. The Hall–Kier alpha value is -2.13. The minimum atomic E-state index is -2.77. The van der Waals surface area contributed by atoms with Crippen molar-refractivity contribution in [2.45, 2.75) is 13.0 Å². The summed E-state index contributed by atoms with van der Waals surface area (Å²) in [5, 5.41) is 9.68. The smallest absolute Gasteiger partial charge is 0.299 e. The number of aromatic nitrogens is 3. The molecule has 0 bridgehead atoms. The molecule has 0 aliphatic carbocycles. The molecule has 2 aromatic rings. The molecule has 0 radical (unpaired) electrons. The molecule has 0 spiro atoms. The average molecular weight is 328 g/mol. The Bertz CT molecular complexity index is 727. The molecule has 0 saturated carbocycles. The summed E-state index contributed by atoms with van der Waals surface area (Å²) in [4.78, 5) is 0. The number of H-pyrrole nitrogens is 1. The molecule has 9 heteroatoms. The Labute approximate surface area is 130 Å². The van der Waals surface area contributed by atoms with Crippen LogP contribution in [0.3, 0.4) is 0 Å². The zero-order chi connectivity index (χ0) is 16.1. The van der Waals surface area contributed by atoms with Crippen LogP contribution in [0.25, 0.3) is 0 Å². The van der Waals surface area contributed by atoms with Gasteiger partial charge in [0.05, 0.1) is 19.9 Å². The number of benzene rings is 1. The Morgan fingerprint density at radius 2 is 2.23 bits per heavy atom. The highest BCUT2D eigenvalue weighted by molar-refractivity contribution is 7.71. The average Bonchev–Trinajstić information content (AvgIpc) is 2.87. The molecule has 1 N–H and O–H groups in total. The Kier molecular flexibility index (Phi) is 5.34. The van der Waals surface area contributed by atoms with Gasteiger partial charge >= 0.3 is 0 Å². The van der Waals surface area contributed by atoms with E-state index in [-0.39, 0.29) is 4.77 Å². The lowest BCUT2D eigenvalue weighted by Gasteiger charge is -2.08. The van der Waals surface area contributed by atoms with Gasteiger partial charge in [-0.05, 0) is 36.0 Å². The van der Waals surface area contributed by atoms with Crippen molar-refractivity contribution in [2.75, 3.05) is 14.2 Å². The van der Waals surface area contributed by atoms with E-state index in [1.54, 1.807) is 32.4 Å². The van der Waals surface area contributed by atoms with Gasteiger partial charge in [-0.1, -0.05) is 0 Å². The van der Waals surface area contributed by atoms with E-state index in [4.69, 9.17) is 21.7 Å². The van der Waals surface area contributed by atoms with Crippen molar-refractivity contribution in [1.82, 2.24) is 14.9 Å². The lowest BCUT2D eigenvalue weighted by atomic mass is 10.1. The van der Waals surface area contributed by atoms with E-state index < -0.39 is 12.2 Å². The first-order valence-corrected chi connectivity index (χ1v) is 6.63. The number of hydrogen-bond acceptors (Lipinski definition) is 5. The lowest BCUT2D eigenvalue weighted by Crippen LogP contribution is -2.00. The first kappa shape index (κ1) is 16.2. The van der Waals surface area contributed by atoms with Crippen molar-refractivity contribution in [3.05, 3.63) is 39.9 Å². The fourth-order valence-electron chi connectivity index (χ4n) is 1.83. The first-order chi connectivity index (χ1) is 10.6. The van der Waals surface area contributed by atoms with Crippen LogP contribution in [-0.2, 0) is 11.3 Å². The van der Waals surface area contributed by atoms with Gasteiger partial charge in [-0.25, -0.2) is 13.9 Å². The van der Waals surface area contributed by atoms with E-state index in [9.17, 15) is 8.78 Å². The number of nitrogens with zero attached hydrogens (tertiary/aromatic N) is 3. The second-order valence-electron chi connectivity index (χ2n) is 4.25. The molecule has 1 heterocycles. The van der Waals surface area contributed by atoms with Crippen LogP contribution in [0.15, 0.2) is 23.3 Å². The molecule has 118 valence electrons. The van der Waals surface area contributed by atoms with Gasteiger partial charge in [0, 0.05) is 12.7 Å². The molecular formula is C13H14F2N4O2S. The number of aromatic amines is 1. The second kappa shape index (κ2) is 7.23. The zero-order valence-electron chi connectivity index (χ0n) is 11.9. The van der Waals surface area contributed by atoms with E-state index in [1.165, 1.54) is 6.21 Å². The number of ether oxygens (including phenoxy) is 2. The number of halogens is 2. The van der Waals surface area contributed by atoms with Gasteiger partial charge in [-0.3, -0.25) is 0 Å². The lowest BCUT2D eigenvalue weighted by molar-refractivity contribution is 0.136. The molecule has 2 rings (SSSR count). The van der Waals surface area contributed by atoms with Crippen LogP contribution in [0.1, 0.15) is 23.4 Å². The van der Waals surface area contributed by atoms with Gasteiger partial charge in [0.2, 0.25) is 10.6 Å². The predicted molar refractivity (Wildman–Crippen MR) is 79.1 cm³/mol. The highest BCUT2D eigenvalue weighted by Gasteiger charge is 2.15. The normalized spacial score (nSPS) is 11.5. The first-order valence-electron chi connectivity index (χ1n) is 6.22. The van der Waals surface area contributed by atoms with Gasteiger partial charge in [-0.2, -0.15) is 14.9 Å². The fraction of sp³-hybridized carbons (Fsp3) is 0.308. The molecule has 22 heavy (non-hydrogen) atoms. The zero-order valence-corrected chi connectivity index (χ0v) is 12.7. The Morgan fingerprint density at radius 1 is 1.45 bits per heavy atom. The van der Waals surface area contributed by atoms with E-state index in [2.05, 4.69) is 15.3 Å². The molecule has 1 aromatic carbocycles. The summed E-state index contributed by atoms with van der Waals surface area (Å²) in [6.07, 6.45) is -1.36. The second-order valence-corrected chi connectivity index (χ2v) is 4.64. The number of alkyl halides is 2. The van der Waals surface area contributed by atoms with E-state index >= 15 is 0 Å². The van der Waals surface area contributed by atoms with Gasteiger partial charge < -0.3 is 9.47 Å². The van der Waals surface area contributed by atoms with Gasteiger partial charge in [-0.15, -0.1) is 0 Å². The van der Waals surface area contributed by atoms with Crippen LogP contribution in [0.4, 0.5) is 8.78 Å². The highest BCUT2D eigenvalue weighted by Crippen LogP contribution is 2.20. The molecule has 0 aliphatic rings. The minimum absolute atomic E-state index is 0.00261. The predicted octanol–water partition coefficient (Wildman–Crippen LogP) is 2.92. The third-order valence-electron chi connectivity index (χ3n) is 2.80. The van der Waals surface area contributed by atoms with Crippen LogP contribution in [0.5, 0.6) is 5.75 Å². The molecule has 0 unspecified atom stereocenters. The number of methoxy groups -OCH3 is 2. The SMILES string of the molecule is COCc1cc(/C=N\n2c(C(F)F)n[nH]c2=S)ccc1OC. The molecule has 0 saturated heterocycles. The maximum Gasteiger partial charge on any atom is 0.299 e. The van der Waals surface area contributed by atoms with Crippen LogP contribution in [0.2, 0.25) is 0 Å². The van der Waals surface area contributed by atoms with Crippen molar-refractivity contribution in [2.24, 2.45) is 5.10 Å². The molecule has 0 aliphatic heterocycles. The molecular weight excluding hydrogens is 314 g/mol. The summed E-state index contributed by atoms with van der Waals surface area (Å²) in [5.74, 6) is 0.138. The third kappa shape index (κ3) is 3.55. The standard InChI is InChI=1S/C13H14F2N4O2S/c1-20-7-9-5-8(3-4-10(9)21-2)6-16-19-12(11(14)15)17-18-13(19)22/h3-6,11H,7H2,1-2H3,(H,18,22)/b16-6-. The van der Waals surface area contributed by atoms with Crippen molar-refractivity contribution in [3.63, 3.8) is 0 Å². The summed E-state index contributed by atoms with van der Waals surface area (Å²) in [6.45, 7) is 0.359. The Morgan fingerprint density at radius 3 is 2.86 bits per heavy atom. The van der Waals surface area contributed by atoms with Crippen LogP contribution in [-0.4, -0.2) is 35.3 Å². The summed E-state index contributed by atoms with van der Waals surface area (Å²) >= 11 is 4.87. The summed E-state index contributed by atoms with van der Waals surface area (Å²) in [5.41, 5.74) is 1.51. The minimum Gasteiger partial charge on any atom is -0.496 e. The third-order valence-corrected chi connectivity index (χ3v) is 3.06.